The highest BCUT2D eigenvalue weighted by Gasteiger charge is 2.23. The molecule has 0 radical (unpaired) electrons. The molecule has 3 aromatic heterocycles. The quantitative estimate of drug-likeness (QED) is 0.275. The molecule has 40 heavy (non-hydrogen) atoms. The Morgan fingerprint density at radius 2 is 2.05 bits per heavy atom. The first-order valence-corrected chi connectivity index (χ1v) is 13.5. The zero-order valence-electron chi connectivity index (χ0n) is 22.4. The summed E-state index contributed by atoms with van der Waals surface area (Å²) in [5, 5.41) is 22.7. The van der Waals surface area contributed by atoms with Crippen LogP contribution in [-0.2, 0) is 29.5 Å². The number of halogens is 1. The first kappa shape index (κ1) is 27.5. The molecule has 0 unspecified atom stereocenters. The third kappa shape index (κ3) is 6.40. The van der Waals surface area contributed by atoms with E-state index in [1.165, 1.54) is 17.6 Å². The molecular weight excluding hydrogens is 536 g/mol. The van der Waals surface area contributed by atoms with Gasteiger partial charge in [0.05, 0.1) is 30.6 Å². The van der Waals surface area contributed by atoms with E-state index in [2.05, 4.69) is 30.5 Å². The molecule has 0 spiro atoms. The molecule has 0 aliphatic carbocycles. The normalized spacial score (nSPS) is 14.1. The summed E-state index contributed by atoms with van der Waals surface area (Å²) in [5.74, 6) is 1.25. The Hall–Kier alpha value is -4.03. The van der Waals surface area contributed by atoms with Gasteiger partial charge >= 0.3 is 0 Å². The van der Waals surface area contributed by atoms with Gasteiger partial charge in [0.15, 0.2) is 17.4 Å². The standard InChI is InChI=1S/C27H31ClN8O4/c1-17(37)16-40-10-9-36-15-21(32-33-36)11-18-5-7-35(8-6-18)27-29-14-22(28)25(31-27)30-20-3-4-23-19(12-20)13-24(38)26(39)34(23)2/h3-4,12-15,18,38H,5-11,16H2,1-2H3,(H,29,30,31). The van der Waals surface area contributed by atoms with E-state index in [4.69, 9.17) is 16.3 Å². The number of anilines is 3. The van der Waals surface area contributed by atoms with Crippen molar-refractivity contribution in [2.75, 3.05) is 36.5 Å². The highest BCUT2D eigenvalue weighted by molar-refractivity contribution is 6.32. The van der Waals surface area contributed by atoms with Crippen LogP contribution in [0.2, 0.25) is 5.02 Å². The zero-order valence-corrected chi connectivity index (χ0v) is 23.1. The number of nitrogens with zero attached hydrogens (tertiary/aromatic N) is 7. The monoisotopic (exact) mass is 566 g/mol. The lowest BCUT2D eigenvalue weighted by molar-refractivity contribution is -0.121. The van der Waals surface area contributed by atoms with E-state index in [1.54, 1.807) is 24.0 Å². The number of ketones is 1. The lowest BCUT2D eigenvalue weighted by Gasteiger charge is -2.31. The van der Waals surface area contributed by atoms with E-state index < -0.39 is 5.56 Å². The number of benzene rings is 1. The summed E-state index contributed by atoms with van der Waals surface area (Å²) < 4.78 is 8.46. The summed E-state index contributed by atoms with van der Waals surface area (Å²) in [4.78, 5) is 34.3. The summed E-state index contributed by atoms with van der Waals surface area (Å²) in [7, 11) is 1.62. The SMILES string of the molecule is CC(=O)COCCn1cc(CC2CCN(c3ncc(Cl)c(Nc4ccc5c(c4)cc(O)c(=O)n5C)n3)CC2)nn1. The summed E-state index contributed by atoms with van der Waals surface area (Å²) >= 11 is 6.41. The number of aromatic nitrogens is 6. The topological polar surface area (TPSA) is 140 Å². The predicted molar refractivity (Wildman–Crippen MR) is 151 cm³/mol. The number of hydrogen-bond acceptors (Lipinski definition) is 10. The van der Waals surface area contributed by atoms with Crippen molar-refractivity contribution in [3.63, 3.8) is 0 Å². The minimum absolute atomic E-state index is 0.00364. The fourth-order valence-corrected chi connectivity index (χ4v) is 4.96. The second-order valence-corrected chi connectivity index (χ2v) is 10.4. The van der Waals surface area contributed by atoms with Crippen molar-refractivity contribution < 1.29 is 14.6 Å². The number of Topliss-reactive ketones (excluding diaryl/α,β-unsaturated/α-hetero) is 1. The van der Waals surface area contributed by atoms with Crippen molar-refractivity contribution >= 4 is 45.7 Å². The van der Waals surface area contributed by atoms with Gasteiger partial charge in [0.2, 0.25) is 5.95 Å². The fourth-order valence-electron chi connectivity index (χ4n) is 4.83. The van der Waals surface area contributed by atoms with E-state index in [-0.39, 0.29) is 18.1 Å². The second-order valence-electron chi connectivity index (χ2n) is 10.0. The second kappa shape index (κ2) is 12.0. The van der Waals surface area contributed by atoms with E-state index in [0.29, 0.717) is 52.4 Å². The van der Waals surface area contributed by atoms with E-state index in [0.717, 1.165) is 38.0 Å². The zero-order chi connectivity index (χ0) is 28.2. The average molecular weight is 567 g/mol. The molecule has 4 heterocycles. The predicted octanol–water partition coefficient (Wildman–Crippen LogP) is 3.09. The maximum absolute atomic E-state index is 12.0. The van der Waals surface area contributed by atoms with Crippen molar-refractivity contribution in [1.82, 2.24) is 29.5 Å². The molecule has 1 saturated heterocycles. The van der Waals surface area contributed by atoms with Gasteiger partial charge < -0.3 is 24.6 Å². The van der Waals surface area contributed by atoms with E-state index >= 15 is 0 Å². The number of carbonyl (C=O) groups is 1. The molecular formula is C27H31ClN8O4. The van der Waals surface area contributed by atoms with Crippen LogP contribution in [0, 0.1) is 5.92 Å². The molecule has 4 aromatic rings. The van der Waals surface area contributed by atoms with Gasteiger partial charge in [-0.15, -0.1) is 5.10 Å². The minimum atomic E-state index is -0.445. The number of aromatic hydroxyl groups is 1. The molecule has 0 amide bonds. The maximum atomic E-state index is 12.0. The number of aryl methyl sites for hydroxylation is 1. The van der Waals surface area contributed by atoms with Crippen molar-refractivity contribution in [1.29, 1.82) is 0 Å². The molecule has 1 aliphatic rings. The van der Waals surface area contributed by atoms with Crippen molar-refractivity contribution in [3.05, 3.63) is 57.7 Å². The number of piperidine rings is 1. The Kier molecular flexibility index (Phi) is 8.27. The highest BCUT2D eigenvalue weighted by atomic mass is 35.5. The Morgan fingerprint density at radius 3 is 2.83 bits per heavy atom. The van der Waals surface area contributed by atoms with Gasteiger partial charge in [0, 0.05) is 37.4 Å². The van der Waals surface area contributed by atoms with Gasteiger partial charge in [-0.3, -0.25) is 9.59 Å². The Morgan fingerprint density at radius 1 is 1.25 bits per heavy atom. The van der Waals surface area contributed by atoms with Crippen molar-refractivity contribution in [2.45, 2.75) is 32.7 Å². The van der Waals surface area contributed by atoms with E-state index in [9.17, 15) is 14.7 Å². The van der Waals surface area contributed by atoms with Crippen molar-refractivity contribution in [2.24, 2.45) is 13.0 Å². The van der Waals surface area contributed by atoms with Crippen LogP contribution in [0.5, 0.6) is 5.75 Å². The molecule has 2 N–H and O–H groups in total. The Balaban J connectivity index is 1.18. The lowest BCUT2D eigenvalue weighted by atomic mass is 9.92. The maximum Gasteiger partial charge on any atom is 0.292 e. The molecule has 210 valence electrons. The number of rotatable bonds is 10. The van der Waals surface area contributed by atoms with Crippen LogP contribution in [-0.4, -0.2) is 66.7 Å². The molecule has 13 heteroatoms. The average Bonchev–Trinajstić information content (AvgIpc) is 3.38. The third-order valence-corrected chi connectivity index (χ3v) is 7.23. The van der Waals surface area contributed by atoms with Gasteiger partial charge in [0.1, 0.15) is 11.6 Å². The van der Waals surface area contributed by atoms with Gasteiger partial charge in [-0.25, -0.2) is 9.67 Å². The minimum Gasteiger partial charge on any atom is -0.503 e. The number of nitrogens with one attached hydrogen (secondary N) is 1. The van der Waals surface area contributed by atoms with Crippen molar-refractivity contribution in [3.8, 4) is 5.75 Å². The smallest absolute Gasteiger partial charge is 0.292 e. The lowest BCUT2D eigenvalue weighted by Crippen LogP contribution is -2.35. The number of hydrogen-bond donors (Lipinski definition) is 2. The molecule has 5 rings (SSSR count). The number of carbonyl (C=O) groups excluding carboxylic acids is 1. The fraction of sp³-hybridized carbons (Fsp3) is 0.407. The van der Waals surface area contributed by atoms with Crippen LogP contribution in [0.4, 0.5) is 17.5 Å². The van der Waals surface area contributed by atoms with Gasteiger partial charge in [-0.05, 0) is 56.4 Å². The molecule has 1 fully saturated rings. The van der Waals surface area contributed by atoms with Crippen LogP contribution >= 0.6 is 11.6 Å². The number of fused-ring (bicyclic) bond motifs is 1. The summed E-state index contributed by atoms with van der Waals surface area (Å²) in [5.41, 5.74) is 1.92. The van der Waals surface area contributed by atoms with Crippen LogP contribution < -0.4 is 15.8 Å². The first-order valence-electron chi connectivity index (χ1n) is 13.1. The van der Waals surface area contributed by atoms with Crippen LogP contribution in [0.3, 0.4) is 0 Å². The largest absolute Gasteiger partial charge is 0.503 e. The Bertz CT molecular complexity index is 1580. The van der Waals surface area contributed by atoms with E-state index in [1.807, 2.05) is 18.3 Å². The molecule has 12 nitrogen and oxygen atoms in total. The molecule has 0 saturated carbocycles. The van der Waals surface area contributed by atoms with Gasteiger partial charge in [0.25, 0.3) is 5.56 Å². The third-order valence-electron chi connectivity index (χ3n) is 6.95. The highest BCUT2D eigenvalue weighted by Crippen LogP contribution is 2.29. The first-order chi connectivity index (χ1) is 19.3. The molecule has 0 atom stereocenters. The number of ether oxygens (including phenoxy) is 1. The molecule has 1 aliphatic heterocycles. The van der Waals surface area contributed by atoms with Crippen LogP contribution in [0.1, 0.15) is 25.5 Å². The van der Waals surface area contributed by atoms with Crippen LogP contribution in [0.15, 0.2) is 41.5 Å². The Labute approximate surface area is 235 Å². The number of pyridine rings is 1. The summed E-state index contributed by atoms with van der Waals surface area (Å²) in [6.07, 6.45) is 6.32. The van der Waals surface area contributed by atoms with Gasteiger partial charge in [-0.1, -0.05) is 16.8 Å². The molecule has 1 aromatic carbocycles. The summed E-state index contributed by atoms with van der Waals surface area (Å²) in [6, 6.07) is 6.91. The van der Waals surface area contributed by atoms with Gasteiger partial charge in [-0.2, -0.15) is 4.98 Å². The summed E-state index contributed by atoms with van der Waals surface area (Å²) in [6.45, 7) is 4.21. The van der Waals surface area contributed by atoms with Crippen LogP contribution in [0.25, 0.3) is 10.9 Å². The molecule has 0 bridgehead atoms.